The number of esters is 3. The molecule has 2 N–H and O–H groups in total. The zero-order valence-corrected chi connectivity index (χ0v) is 36.3. The maximum atomic E-state index is 11.3. The molecule has 0 fully saturated rings. The minimum Gasteiger partial charge on any atom is -0.481 e. The molecule has 0 spiro atoms. The van der Waals surface area contributed by atoms with Crippen LogP contribution in [0.3, 0.4) is 0 Å². The molecule has 0 aromatic heterocycles. The molecule has 0 unspecified atom stereocenters. The Morgan fingerprint density at radius 2 is 0.914 bits per heavy atom. The predicted molar refractivity (Wildman–Crippen MR) is 231 cm³/mol. The van der Waals surface area contributed by atoms with Crippen LogP contribution in [0.4, 0.5) is 0 Å². The Kier molecular flexibility index (Phi) is 41.9. The van der Waals surface area contributed by atoms with E-state index >= 15 is 0 Å². The second-order valence-electron chi connectivity index (χ2n) is 12.4. The monoisotopic (exact) mass is 884 g/mol. The van der Waals surface area contributed by atoms with Crippen LogP contribution in [-0.4, -0.2) is 80.3 Å². The van der Waals surface area contributed by atoms with E-state index in [-0.39, 0.29) is 69.6 Å². The summed E-state index contributed by atoms with van der Waals surface area (Å²) in [4.78, 5) is 43.7. The zero-order chi connectivity index (χ0) is 42.8. The van der Waals surface area contributed by atoms with Crippen LogP contribution < -0.4 is 0 Å². The highest BCUT2D eigenvalue weighted by molar-refractivity contribution is 8.05. The van der Waals surface area contributed by atoms with Gasteiger partial charge in [0.25, 0.3) is 0 Å². The topological polar surface area (TPSA) is 181 Å². The Morgan fingerprint density at radius 3 is 1.22 bits per heavy atom. The molecule has 0 radical (unpaired) electrons. The van der Waals surface area contributed by atoms with Crippen molar-refractivity contribution in [1.29, 1.82) is 0 Å². The summed E-state index contributed by atoms with van der Waals surface area (Å²) in [5, 5.41) is 17.1. The van der Waals surface area contributed by atoms with E-state index < -0.39 is 12.0 Å². The van der Waals surface area contributed by atoms with E-state index in [2.05, 4.69) is 4.52 Å². The number of hydrogen-bond donors (Lipinski definition) is 2. The number of carbonyl (C=O) groups is 4. The summed E-state index contributed by atoms with van der Waals surface area (Å²) in [7, 11) is 0. The van der Waals surface area contributed by atoms with E-state index in [1.165, 1.54) is 0 Å². The van der Waals surface area contributed by atoms with Gasteiger partial charge in [-0.15, -0.1) is 0 Å². The van der Waals surface area contributed by atoms with Crippen LogP contribution in [0.15, 0.2) is 60.7 Å². The summed E-state index contributed by atoms with van der Waals surface area (Å²) in [5.41, 5.74) is 2.26. The molecule has 0 aliphatic rings. The summed E-state index contributed by atoms with van der Waals surface area (Å²) in [6.07, 6.45) is -1.36. The third kappa shape index (κ3) is 37.3. The van der Waals surface area contributed by atoms with Crippen LogP contribution >= 0.6 is 28.6 Å². The number of carbonyl (C=O) groups excluding carboxylic acids is 3. The van der Waals surface area contributed by atoms with Crippen molar-refractivity contribution in [3.8, 4) is 0 Å². The second-order valence-corrected chi connectivity index (χ2v) is 16.7. The lowest BCUT2D eigenvalue weighted by Crippen LogP contribution is -2.16. The quantitative estimate of drug-likeness (QED) is 0.0466. The van der Waals surface area contributed by atoms with Gasteiger partial charge in [-0.1, -0.05) is 103 Å². The lowest BCUT2D eigenvalue weighted by atomic mass is 10.1. The Hall–Kier alpha value is -3.03. The highest BCUT2D eigenvalue weighted by atomic mass is 35.9. The highest BCUT2D eigenvalue weighted by Crippen LogP contribution is 2.57. The molecule has 0 heterocycles. The Morgan fingerprint density at radius 1 is 0.586 bits per heavy atom. The van der Waals surface area contributed by atoms with E-state index in [1.807, 2.05) is 74.5 Å². The molecular formula is C42H71Cl2O13P. The number of rotatable bonds is 23. The molecule has 4 atom stereocenters. The summed E-state index contributed by atoms with van der Waals surface area (Å²) >= 11 is 10.3. The van der Waals surface area contributed by atoms with E-state index in [0.717, 1.165) is 11.1 Å². The van der Waals surface area contributed by atoms with Gasteiger partial charge < -0.3 is 38.4 Å². The molecule has 0 saturated carbocycles. The number of carboxylic acid groups (broad SMARTS) is 1. The van der Waals surface area contributed by atoms with Crippen LogP contribution in [0.5, 0.6) is 0 Å². The fraction of sp³-hybridized carbons (Fsp3) is 0.619. The average molecular weight is 886 g/mol. The third-order valence-corrected chi connectivity index (χ3v) is 8.53. The van der Waals surface area contributed by atoms with Crippen molar-refractivity contribution in [2.45, 2.75) is 102 Å². The maximum absolute atomic E-state index is 11.3. The summed E-state index contributed by atoms with van der Waals surface area (Å²) in [5.74, 6) is -2.35. The lowest BCUT2D eigenvalue weighted by Gasteiger charge is -2.10. The van der Waals surface area contributed by atoms with Gasteiger partial charge in [0.2, 0.25) is 0 Å². The average Bonchev–Trinajstić information content (AvgIpc) is 3.16. The van der Waals surface area contributed by atoms with Gasteiger partial charge in [0.05, 0.1) is 63.3 Å². The molecule has 0 amide bonds. The second kappa shape index (κ2) is 39.4. The van der Waals surface area contributed by atoms with Crippen molar-refractivity contribution in [2.24, 2.45) is 23.7 Å². The maximum Gasteiger partial charge on any atom is 0.380 e. The van der Waals surface area contributed by atoms with E-state index in [1.54, 1.807) is 34.6 Å². The normalized spacial score (nSPS) is 12.2. The number of ether oxygens (including phenoxy) is 5. The standard InChI is InChI=1S/C14H20O3.C12H16O3.C7H13Cl2O4P.C7H14O3.2CH4/c1-3-17-14(15)12(2)9-10-16-11-13-7-5-4-6-8-13;1-10(12(13)14)7-8-15-9-11-5-3-2-4-6-11;1-3-12-7(10)6(2)4-5-13-14(8,9)11;1-3-10-7(9)6(2)4-5-8;;/h4-8,12H,3,9-11H2,1-2H3;2-6,10H,7-9H2,1H3,(H,13,14);6H,3-5H2,1-2H3;6,8H,3-5H2,1-2H3;2*1H4/t12-;10-;2*6-;;/m1111../s1. The minimum atomic E-state index is -3.48. The van der Waals surface area contributed by atoms with Crippen LogP contribution in [0, 0.1) is 23.7 Å². The van der Waals surface area contributed by atoms with Gasteiger partial charge >= 0.3 is 30.0 Å². The zero-order valence-electron chi connectivity index (χ0n) is 33.9. The van der Waals surface area contributed by atoms with Crippen molar-refractivity contribution in [1.82, 2.24) is 0 Å². The van der Waals surface area contributed by atoms with Crippen molar-refractivity contribution >= 4 is 52.4 Å². The summed E-state index contributed by atoms with van der Waals surface area (Å²) in [6.45, 7) is 15.8. The van der Waals surface area contributed by atoms with E-state index in [9.17, 15) is 23.7 Å². The molecule has 2 aromatic carbocycles. The highest BCUT2D eigenvalue weighted by Gasteiger charge is 2.18. The van der Waals surface area contributed by atoms with Crippen molar-refractivity contribution in [2.75, 3.05) is 46.2 Å². The van der Waals surface area contributed by atoms with Crippen LogP contribution in [0.1, 0.15) is 100 Å². The first-order valence-electron chi connectivity index (χ1n) is 18.7. The fourth-order valence-electron chi connectivity index (χ4n) is 3.91. The van der Waals surface area contributed by atoms with Gasteiger partial charge in [-0.05, 0) is 80.1 Å². The van der Waals surface area contributed by atoms with Gasteiger partial charge in [-0.3, -0.25) is 23.7 Å². The molecular weight excluding hydrogens is 814 g/mol. The van der Waals surface area contributed by atoms with Gasteiger partial charge in [-0.2, -0.15) is 0 Å². The Balaban J connectivity index is -0.000000337. The third-order valence-electron chi connectivity index (χ3n) is 7.46. The number of aliphatic carboxylic acids is 1. The number of hydrogen-bond acceptors (Lipinski definition) is 12. The Bertz CT molecular complexity index is 1350. The van der Waals surface area contributed by atoms with E-state index in [0.29, 0.717) is 71.9 Å². The molecule has 0 aliphatic heterocycles. The largest absolute Gasteiger partial charge is 0.481 e. The number of aliphatic hydroxyl groups is 1. The van der Waals surface area contributed by atoms with Crippen LogP contribution in [-0.2, 0) is 65.2 Å². The molecule has 0 saturated heterocycles. The molecule has 16 heteroatoms. The first kappa shape index (κ1) is 61.6. The van der Waals surface area contributed by atoms with Crippen LogP contribution in [0.25, 0.3) is 0 Å². The molecule has 2 aromatic rings. The van der Waals surface area contributed by atoms with Gasteiger partial charge in [-0.25, -0.2) is 0 Å². The number of benzene rings is 2. The van der Waals surface area contributed by atoms with Gasteiger partial charge in [0.15, 0.2) is 0 Å². The van der Waals surface area contributed by atoms with Gasteiger partial charge in [0, 0.05) is 19.8 Å². The molecule has 13 nitrogen and oxygen atoms in total. The number of aliphatic hydroxyl groups excluding tert-OH is 1. The smallest absolute Gasteiger partial charge is 0.380 e. The lowest BCUT2D eigenvalue weighted by molar-refractivity contribution is -0.148. The predicted octanol–water partition coefficient (Wildman–Crippen LogP) is 10.1. The number of halogens is 2. The van der Waals surface area contributed by atoms with Crippen molar-refractivity contribution in [3.05, 3.63) is 71.8 Å². The molecule has 336 valence electrons. The Labute approximate surface area is 357 Å². The van der Waals surface area contributed by atoms with E-state index in [4.69, 9.17) is 56.4 Å². The minimum absolute atomic E-state index is 0. The van der Waals surface area contributed by atoms with Crippen molar-refractivity contribution in [3.63, 3.8) is 0 Å². The molecule has 2 rings (SSSR count). The first-order chi connectivity index (χ1) is 26.5. The molecule has 58 heavy (non-hydrogen) atoms. The van der Waals surface area contributed by atoms with Crippen LogP contribution in [0.2, 0.25) is 0 Å². The number of carboxylic acids is 1. The summed E-state index contributed by atoms with van der Waals surface area (Å²) < 4.78 is 40.6. The SMILES string of the molecule is C.C.CCOC(=O)[C@H](C)CCO.CCOC(=O)[C@H](C)CCOCc1ccccc1.CCOC(=O)[C@H](C)CCOP(=O)(Cl)Cl.C[C@H](CCOCc1ccccc1)C(=O)O. The summed E-state index contributed by atoms with van der Waals surface area (Å²) in [6, 6.07) is 19.8. The van der Waals surface area contributed by atoms with Gasteiger partial charge in [0.1, 0.15) is 0 Å². The first-order valence-corrected chi connectivity index (χ1v) is 22.2. The fourth-order valence-corrected chi connectivity index (χ4v) is 4.64. The molecule has 0 bridgehead atoms. The molecule has 0 aliphatic carbocycles. The van der Waals surface area contributed by atoms with Crippen molar-refractivity contribution < 1.29 is 62.2 Å².